The van der Waals surface area contributed by atoms with Crippen molar-refractivity contribution in [3.8, 4) is 16.5 Å². The Labute approximate surface area is 172 Å². The summed E-state index contributed by atoms with van der Waals surface area (Å²) in [6.07, 6.45) is 0. The van der Waals surface area contributed by atoms with Crippen molar-refractivity contribution in [1.29, 1.82) is 0 Å². The number of anilines is 1. The third-order valence-electron chi connectivity index (χ3n) is 3.97. The van der Waals surface area contributed by atoms with Gasteiger partial charge in [-0.1, -0.05) is 23.7 Å². The summed E-state index contributed by atoms with van der Waals surface area (Å²) in [5.74, 6) is -1.18. The number of carbonyl (C=O) groups excluding carboxylic acids is 1. The van der Waals surface area contributed by atoms with Gasteiger partial charge in [-0.05, 0) is 30.5 Å². The van der Waals surface area contributed by atoms with Crippen molar-refractivity contribution in [2.45, 2.75) is 6.92 Å². The van der Waals surface area contributed by atoms with E-state index in [1.165, 1.54) is 34.2 Å². The number of aryl methyl sites for hydroxylation is 1. The van der Waals surface area contributed by atoms with Crippen LogP contribution >= 0.6 is 22.9 Å². The van der Waals surface area contributed by atoms with Crippen molar-refractivity contribution in [3.05, 3.63) is 80.3 Å². The number of amides is 1. The zero-order valence-corrected chi connectivity index (χ0v) is 16.5. The summed E-state index contributed by atoms with van der Waals surface area (Å²) in [6.45, 7) is 1.67. The van der Waals surface area contributed by atoms with Gasteiger partial charge in [-0.3, -0.25) is 14.6 Å². The van der Waals surface area contributed by atoms with E-state index < -0.39 is 11.7 Å². The number of aromatic amines is 1. The Kier molecular flexibility index (Phi) is 4.99. The molecule has 0 aliphatic heterocycles. The molecule has 4 aromatic rings. The highest BCUT2D eigenvalue weighted by atomic mass is 35.5. The Morgan fingerprint density at radius 3 is 2.79 bits per heavy atom. The minimum Gasteiger partial charge on any atom is -0.306 e. The van der Waals surface area contributed by atoms with Crippen LogP contribution in [0.4, 0.5) is 10.2 Å². The lowest BCUT2D eigenvalue weighted by Crippen LogP contribution is -2.19. The minimum absolute atomic E-state index is 0.0193. The Morgan fingerprint density at radius 1 is 1.28 bits per heavy atom. The standard InChI is InChI=1S/C19H13ClFN5O2S/c1-10-8-16(27)24-19(22-10)26-15(9-13(25-26)14-6-3-7-29-14)23-18(28)17-11(20)4-2-5-12(17)21/h2-9H,1H3,(H,23,28)(H,22,24,27). The van der Waals surface area contributed by atoms with Crippen LogP contribution in [-0.4, -0.2) is 25.7 Å². The predicted octanol–water partition coefficient (Wildman–Crippen LogP) is 4.04. The maximum atomic E-state index is 14.1. The summed E-state index contributed by atoms with van der Waals surface area (Å²) in [4.78, 5) is 32.3. The maximum absolute atomic E-state index is 14.1. The lowest BCUT2D eigenvalue weighted by atomic mass is 10.2. The molecule has 1 amide bonds. The minimum atomic E-state index is -0.748. The van der Waals surface area contributed by atoms with E-state index in [1.807, 2.05) is 17.5 Å². The highest BCUT2D eigenvalue weighted by molar-refractivity contribution is 7.13. The van der Waals surface area contributed by atoms with Gasteiger partial charge in [0.2, 0.25) is 5.95 Å². The molecule has 0 unspecified atom stereocenters. The van der Waals surface area contributed by atoms with E-state index in [9.17, 15) is 14.0 Å². The van der Waals surface area contributed by atoms with E-state index in [0.717, 1.165) is 10.9 Å². The van der Waals surface area contributed by atoms with Crippen LogP contribution in [-0.2, 0) is 0 Å². The van der Waals surface area contributed by atoms with Crippen molar-refractivity contribution in [1.82, 2.24) is 19.7 Å². The average Bonchev–Trinajstić information content (AvgIpc) is 3.30. The fourth-order valence-corrected chi connectivity index (χ4v) is 3.66. The normalized spacial score (nSPS) is 10.9. The molecule has 3 aromatic heterocycles. The smallest absolute Gasteiger partial charge is 0.261 e. The van der Waals surface area contributed by atoms with Gasteiger partial charge in [0.15, 0.2) is 0 Å². The molecule has 2 N–H and O–H groups in total. The lowest BCUT2D eigenvalue weighted by molar-refractivity contribution is 0.102. The van der Waals surface area contributed by atoms with E-state index in [2.05, 4.69) is 20.4 Å². The topological polar surface area (TPSA) is 92.7 Å². The number of benzene rings is 1. The van der Waals surface area contributed by atoms with Gasteiger partial charge in [0.05, 0.1) is 15.5 Å². The molecule has 0 aliphatic rings. The van der Waals surface area contributed by atoms with Crippen molar-refractivity contribution in [3.63, 3.8) is 0 Å². The van der Waals surface area contributed by atoms with Gasteiger partial charge in [-0.2, -0.15) is 9.78 Å². The van der Waals surface area contributed by atoms with Gasteiger partial charge in [-0.25, -0.2) is 9.37 Å². The predicted molar refractivity (Wildman–Crippen MR) is 109 cm³/mol. The lowest BCUT2D eigenvalue weighted by Gasteiger charge is -2.09. The molecule has 4 rings (SSSR count). The Hall–Kier alpha value is -3.30. The van der Waals surface area contributed by atoms with Gasteiger partial charge in [0.25, 0.3) is 11.5 Å². The third kappa shape index (κ3) is 3.82. The van der Waals surface area contributed by atoms with E-state index in [1.54, 1.807) is 13.0 Å². The molecule has 0 saturated carbocycles. The van der Waals surface area contributed by atoms with E-state index in [-0.39, 0.29) is 27.9 Å². The molecule has 0 radical (unpaired) electrons. The molecule has 10 heteroatoms. The second-order valence-corrected chi connectivity index (χ2v) is 7.42. The zero-order valence-electron chi connectivity index (χ0n) is 14.9. The Morgan fingerprint density at radius 2 is 2.10 bits per heavy atom. The van der Waals surface area contributed by atoms with Crippen molar-refractivity contribution >= 4 is 34.7 Å². The molecule has 7 nitrogen and oxygen atoms in total. The monoisotopic (exact) mass is 429 g/mol. The summed E-state index contributed by atoms with van der Waals surface area (Å²) in [7, 11) is 0. The van der Waals surface area contributed by atoms with Crippen LogP contribution in [0.3, 0.4) is 0 Å². The van der Waals surface area contributed by atoms with Crippen LogP contribution in [0.25, 0.3) is 16.5 Å². The van der Waals surface area contributed by atoms with Crippen LogP contribution in [0.15, 0.2) is 52.6 Å². The third-order valence-corrected chi connectivity index (χ3v) is 5.18. The molecule has 3 heterocycles. The molecule has 0 aliphatic carbocycles. The molecule has 0 bridgehead atoms. The first-order valence-electron chi connectivity index (χ1n) is 8.40. The Balaban J connectivity index is 1.81. The summed E-state index contributed by atoms with van der Waals surface area (Å²) < 4.78 is 15.4. The van der Waals surface area contributed by atoms with Crippen LogP contribution in [0, 0.1) is 12.7 Å². The largest absolute Gasteiger partial charge is 0.306 e. The first-order chi connectivity index (χ1) is 13.9. The SMILES string of the molecule is Cc1cc(=O)[nH]c(-n2nc(-c3cccs3)cc2NC(=O)c2c(F)cccc2Cl)n1. The number of halogens is 2. The number of nitrogens with zero attached hydrogens (tertiary/aromatic N) is 3. The Bertz CT molecular complexity index is 1250. The molecule has 0 atom stereocenters. The van der Waals surface area contributed by atoms with Gasteiger partial charge >= 0.3 is 0 Å². The number of hydrogen-bond donors (Lipinski definition) is 2. The van der Waals surface area contributed by atoms with Crippen LogP contribution in [0.2, 0.25) is 5.02 Å². The molecule has 146 valence electrons. The van der Waals surface area contributed by atoms with Gasteiger partial charge in [0, 0.05) is 17.8 Å². The second-order valence-electron chi connectivity index (χ2n) is 6.07. The molecular formula is C19H13ClFN5O2S. The number of nitrogens with one attached hydrogen (secondary N) is 2. The summed E-state index contributed by atoms with van der Waals surface area (Å²) >= 11 is 7.45. The fraction of sp³-hybridized carbons (Fsp3) is 0.0526. The quantitative estimate of drug-likeness (QED) is 0.512. The summed E-state index contributed by atoms with van der Waals surface area (Å²) in [6, 6.07) is 10.7. The van der Waals surface area contributed by atoms with Gasteiger partial charge < -0.3 is 5.32 Å². The van der Waals surface area contributed by atoms with Crippen molar-refractivity contribution in [2.24, 2.45) is 0 Å². The molecular weight excluding hydrogens is 417 g/mol. The molecule has 0 saturated heterocycles. The zero-order chi connectivity index (χ0) is 20.5. The number of carbonyl (C=O) groups is 1. The summed E-state index contributed by atoms with van der Waals surface area (Å²) in [5, 5.41) is 8.93. The highest BCUT2D eigenvalue weighted by Crippen LogP contribution is 2.28. The fourth-order valence-electron chi connectivity index (χ4n) is 2.73. The molecule has 0 spiro atoms. The van der Waals surface area contributed by atoms with Crippen molar-refractivity contribution in [2.75, 3.05) is 5.32 Å². The van der Waals surface area contributed by atoms with E-state index in [0.29, 0.717) is 11.4 Å². The number of H-pyrrole nitrogens is 1. The van der Waals surface area contributed by atoms with Crippen molar-refractivity contribution < 1.29 is 9.18 Å². The van der Waals surface area contributed by atoms with E-state index >= 15 is 0 Å². The van der Waals surface area contributed by atoms with Crippen LogP contribution in [0.5, 0.6) is 0 Å². The molecule has 29 heavy (non-hydrogen) atoms. The number of rotatable bonds is 4. The second kappa shape index (κ2) is 7.61. The van der Waals surface area contributed by atoms with Crippen LogP contribution < -0.4 is 10.9 Å². The first kappa shape index (κ1) is 19.0. The maximum Gasteiger partial charge on any atom is 0.261 e. The molecule has 0 fully saturated rings. The van der Waals surface area contributed by atoms with Gasteiger partial charge in [-0.15, -0.1) is 11.3 Å². The van der Waals surface area contributed by atoms with Gasteiger partial charge in [0.1, 0.15) is 17.3 Å². The number of thiophene rings is 1. The van der Waals surface area contributed by atoms with Crippen LogP contribution in [0.1, 0.15) is 16.1 Å². The highest BCUT2D eigenvalue weighted by Gasteiger charge is 2.20. The number of aromatic nitrogens is 4. The summed E-state index contributed by atoms with van der Waals surface area (Å²) in [5.41, 5.74) is 0.380. The molecule has 1 aromatic carbocycles. The van der Waals surface area contributed by atoms with E-state index in [4.69, 9.17) is 11.6 Å². The average molecular weight is 430 g/mol. The number of hydrogen-bond acceptors (Lipinski definition) is 5. The first-order valence-corrected chi connectivity index (χ1v) is 9.66.